The molecule has 1 atom stereocenters. The molecule has 0 radical (unpaired) electrons. The van der Waals surface area contributed by atoms with E-state index in [4.69, 9.17) is 14.6 Å². The molecule has 0 spiro atoms. The average Bonchev–Trinajstić information content (AvgIpc) is 2.19. The lowest BCUT2D eigenvalue weighted by molar-refractivity contribution is -0.167. The van der Waals surface area contributed by atoms with Gasteiger partial charge in [-0.3, -0.25) is 4.79 Å². The molecule has 0 amide bonds. The number of carbonyl (C=O) groups is 1. The third kappa shape index (κ3) is 2.19. The van der Waals surface area contributed by atoms with Gasteiger partial charge in [-0.25, -0.2) is 0 Å². The highest BCUT2D eigenvalue weighted by Crippen LogP contribution is 2.29. The fourth-order valence-electron chi connectivity index (χ4n) is 1.49. The number of hydrogen-bond donors (Lipinski definition) is 1. The number of aliphatic hydroxyl groups excluding tert-OH is 1. The molecule has 4 nitrogen and oxygen atoms in total. The Labute approximate surface area is 77.8 Å². The maximum absolute atomic E-state index is 11.5. The summed E-state index contributed by atoms with van der Waals surface area (Å²) < 4.78 is 10.1. The van der Waals surface area contributed by atoms with Crippen molar-refractivity contribution in [1.82, 2.24) is 0 Å². The molecule has 0 aromatic rings. The molecule has 0 bridgehead atoms. The van der Waals surface area contributed by atoms with E-state index in [-0.39, 0.29) is 19.2 Å². The number of hydrogen-bond acceptors (Lipinski definition) is 4. The number of ether oxygens (including phenoxy) is 2. The third-order valence-electron chi connectivity index (χ3n) is 2.33. The van der Waals surface area contributed by atoms with Crippen LogP contribution in [-0.2, 0) is 14.3 Å². The van der Waals surface area contributed by atoms with Crippen LogP contribution in [-0.4, -0.2) is 37.5 Å². The number of carbonyl (C=O) groups excluding carboxylic acids is 1. The van der Waals surface area contributed by atoms with Gasteiger partial charge >= 0.3 is 5.97 Å². The van der Waals surface area contributed by atoms with Crippen LogP contribution in [0.15, 0.2) is 0 Å². The Morgan fingerprint density at radius 1 is 1.69 bits per heavy atom. The molecule has 1 saturated heterocycles. The smallest absolute Gasteiger partial charge is 0.316 e. The first kappa shape index (κ1) is 10.5. The van der Waals surface area contributed by atoms with E-state index in [1.54, 1.807) is 6.92 Å². The average molecular weight is 188 g/mol. The van der Waals surface area contributed by atoms with E-state index in [9.17, 15) is 4.79 Å². The van der Waals surface area contributed by atoms with Crippen molar-refractivity contribution in [3.8, 4) is 0 Å². The molecular weight excluding hydrogens is 172 g/mol. The summed E-state index contributed by atoms with van der Waals surface area (Å²) >= 11 is 0. The Hall–Kier alpha value is -0.610. The van der Waals surface area contributed by atoms with Gasteiger partial charge in [-0.15, -0.1) is 0 Å². The van der Waals surface area contributed by atoms with Crippen LogP contribution >= 0.6 is 0 Å². The van der Waals surface area contributed by atoms with Gasteiger partial charge in [0.2, 0.25) is 0 Å². The van der Waals surface area contributed by atoms with Gasteiger partial charge in [0, 0.05) is 6.61 Å². The Kier molecular flexibility index (Phi) is 3.69. The zero-order valence-electron chi connectivity index (χ0n) is 7.91. The van der Waals surface area contributed by atoms with E-state index in [0.717, 1.165) is 6.42 Å². The molecule has 1 fully saturated rings. The molecule has 76 valence electrons. The minimum atomic E-state index is -0.797. The van der Waals surface area contributed by atoms with Crippen molar-refractivity contribution in [3.05, 3.63) is 0 Å². The standard InChI is InChI=1S/C9H16O4/c1-2-13-8(11)9(6-10)4-3-5-12-7-9/h10H,2-7H2,1H3. The highest BCUT2D eigenvalue weighted by molar-refractivity contribution is 5.77. The molecule has 0 aromatic carbocycles. The van der Waals surface area contributed by atoms with Crippen LogP contribution in [0.5, 0.6) is 0 Å². The van der Waals surface area contributed by atoms with Crippen molar-refractivity contribution in [2.45, 2.75) is 19.8 Å². The van der Waals surface area contributed by atoms with Gasteiger partial charge in [0.15, 0.2) is 0 Å². The van der Waals surface area contributed by atoms with E-state index in [2.05, 4.69) is 0 Å². The summed E-state index contributed by atoms with van der Waals surface area (Å²) in [7, 11) is 0. The van der Waals surface area contributed by atoms with Crippen molar-refractivity contribution in [3.63, 3.8) is 0 Å². The summed E-state index contributed by atoms with van der Waals surface area (Å²) in [6.07, 6.45) is 1.46. The minimum Gasteiger partial charge on any atom is -0.465 e. The van der Waals surface area contributed by atoms with Crippen molar-refractivity contribution >= 4 is 5.97 Å². The second-order valence-corrected chi connectivity index (χ2v) is 3.32. The summed E-state index contributed by atoms with van der Waals surface area (Å²) in [5.41, 5.74) is -0.797. The lowest BCUT2D eigenvalue weighted by Crippen LogP contribution is -2.43. The van der Waals surface area contributed by atoms with Crippen LogP contribution in [0.3, 0.4) is 0 Å². The van der Waals surface area contributed by atoms with Crippen LogP contribution < -0.4 is 0 Å². The molecule has 13 heavy (non-hydrogen) atoms. The zero-order valence-corrected chi connectivity index (χ0v) is 7.91. The SMILES string of the molecule is CCOC(=O)C1(CO)CCCOC1. The van der Waals surface area contributed by atoms with E-state index < -0.39 is 5.41 Å². The normalized spacial score (nSPS) is 28.5. The first-order valence-corrected chi connectivity index (χ1v) is 4.61. The maximum atomic E-state index is 11.5. The lowest BCUT2D eigenvalue weighted by atomic mass is 9.83. The van der Waals surface area contributed by atoms with E-state index in [1.807, 2.05) is 0 Å². The number of rotatable bonds is 3. The molecular formula is C9H16O4. The fraction of sp³-hybridized carbons (Fsp3) is 0.889. The minimum absolute atomic E-state index is 0.189. The molecule has 0 saturated carbocycles. The van der Waals surface area contributed by atoms with Gasteiger partial charge in [-0.2, -0.15) is 0 Å². The molecule has 4 heteroatoms. The molecule has 1 heterocycles. The highest BCUT2D eigenvalue weighted by atomic mass is 16.5. The summed E-state index contributed by atoms with van der Waals surface area (Å²) in [6.45, 7) is 2.86. The Morgan fingerprint density at radius 3 is 2.92 bits per heavy atom. The molecule has 0 aliphatic carbocycles. The first-order chi connectivity index (χ1) is 6.25. The van der Waals surface area contributed by atoms with Gasteiger partial charge in [0.1, 0.15) is 5.41 Å². The fourth-order valence-corrected chi connectivity index (χ4v) is 1.49. The second kappa shape index (κ2) is 4.58. The summed E-state index contributed by atoms with van der Waals surface area (Å²) in [6, 6.07) is 0. The predicted molar refractivity (Wildman–Crippen MR) is 46.2 cm³/mol. The third-order valence-corrected chi connectivity index (χ3v) is 2.33. The van der Waals surface area contributed by atoms with Crippen LogP contribution in [0, 0.1) is 5.41 Å². The van der Waals surface area contributed by atoms with Crippen LogP contribution in [0.2, 0.25) is 0 Å². The Balaban J connectivity index is 2.61. The maximum Gasteiger partial charge on any atom is 0.316 e. The monoisotopic (exact) mass is 188 g/mol. The topological polar surface area (TPSA) is 55.8 Å². The summed E-state index contributed by atoms with van der Waals surface area (Å²) in [4.78, 5) is 11.5. The van der Waals surface area contributed by atoms with Crippen molar-refractivity contribution in [2.75, 3.05) is 26.4 Å². The van der Waals surface area contributed by atoms with Gasteiger partial charge in [0.05, 0.1) is 19.8 Å². The van der Waals surface area contributed by atoms with E-state index in [1.165, 1.54) is 0 Å². The summed E-state index contributed by atoms with van der Waals surface area (Å²) in [5.74, 6) is -0.336. The largest absolute Gasteiger partial charge is 0.465 e. The van der Waals surface area contributed by atoms with E-state index >= 15 is 0 Å². The quantitative estimate of drug-likeness (QED) is 0.649. The predicted octanol–water partition coefficient (Wildman–Crippen LogP) is 0.339. The van der Waals surface area contributed by atoms with E-state index in [0.29, 0.717) is 19.6 Å². The molecule has 1 unspecified atom stereocenters. The Bertz CT molecular complexity index is 172. The van der Waals surface area contributed by atoms with Crippen molar-refractivity contribution < 1.29 is 19.4 Å². The molecule has 1 N–H and O–H groups in total. The Morgan fingerprint density at radius 2 is 2.46 bits per heavy atom. The number of aliphatic hydroxyl groups is 1. The number of esters is 1. The zero-order chi connectivity index (χ0) is 9.73. The van der Waals surface area contributed by atoms with Crippen LogP contribution in [0.4, 0.5) is 0 Å². The molecule has 1 aliphatic rings. The van der Waals surface area contributed by atoms with Gasteiger partial charge in [-0.1, -0.05) is 0 Å². The molecule has 1 rings (SSSR count). The van der Waals surface area contributed by atoms with Crippen LogP contribution in [0.1, 0.15) is 19.8 Å². The van der Waals surface area contributed by atoms with Crippen molar-refractivity contribution in [1.29, 1.82) is 0 Å². The summed E-state index contributed by atoms with van der Waals surface area (Å²) in [5, 5.41) is 9.16. The second-order valence-electron chi connectivity index (χ2n) is 3.32. The molecule has 0 aromatic heterocycles. The van der Waals surface area contributed by atoms with Gasteiger partial charge in [-0.05, 0) is 19.8 Å². The lowest BCUT2D eigenvalue weighted by Gasteiger charge is -2.32. The van der Waals surface area contributed by atoms with Gasteiger partial charge in [0.25, 0.3) is 0 Å². The van der Waals surface area contributed by atoms with Crippen molar-refractivity contribution in [2.24, 2.45) is 5.41 Å². The first-order valence-electron chi connectivity index (χ1n) is 4.61. The highest BCUT2D eigenvalue weighted by Gasteiger charge is 2.41. The van der Waals surface area contributed by atoms with Crippen LogP contribution in [0.25, 0.3) is 0 Å². The van der Waals surface area contributed by atoms with Gasteiger partial charge < -0.3 is 14.6 Å². The molecule has 1 aliphatic heterocycles.